The van der Waals surface area contributed by atoms with Crippen molar-refractivity contribution in [2.75, 3.05) is 0 Å². The van der Waals surface area contributed by atoms with Gasteiger partial charge in [-0.15, -0.1) is 0 Å². The number of rotatable bonds is 12. The lowest BCUT2D eigenvalue weighted by atomic mass is 9.95. The van der Waals surface area contributed by atoms with Crippen LogP contribution in [-0.2, 0) is 0 Å². The first-order chi connectivity index (χ1) is 70.3. The average Bonchev–Trinajstić information content (AvgIpc) is 1.57. The van der Waals surface area contributed by atoms with E-state index in [1.807, 2.05) is 109 Å². The lowest BCUT2D eigenvalue weighted by molar-refractivity contribution is 1.17. The van der Waals surface area contributed by atoms with Crippen LogP contribution in [0.5, 0.6) is 0 Å². The van der Waals surface area contributed by atoms with E-state index in [0.29, 0.717) is 27.8 Å². The summed E-state index contributed by atoms with van der Waals surface area (Å²) in [6.45, 7) is 0. The zero-order valence-corrected chi connectivity index (χ0v) is 76.5. The molecule has 658 valence electrons. The van der Waals surface area contributed by atoms with Crippen molar-refractivity contribution < 1.29 is 0 Å². The molecular weight excluding hydrogens is 1730 g/mol. The van der Waals surface area contributed by atoms with Gasteiger partial charge in [0.2, 0.25) is 0 Å². The Balaban J connectivity index is 0.000000112. The second-order valence-electron chi connectivity index (χ2n) is 35.7. The van der Waals surface area contributed by atoms with Gasteiger partial charge in [-0.05, 0) is 232 Å². The van der Waals surface area contributed by atoms with E-state index < -0.39 is 0 Å². The first kappa shape index (κ1) is 83.7. The molecule has 0 aliphatic rings. The molecule has 0 aliphatic heterocycles. The van der Waals surface area contributed by atoms with Gasteiger partial charge in [0.1, 0.15) is 12.1 Å². The van der Waals surface area contributed by atoms with Crippen LogP contribution in [0.4, 0.5) is 0 Å². The molecule has 0 spiro atoms. The van der Waals surface area contributed by atoms with Crippen molar-refractivity contribution >= 4 is 131 Å². The van der Waals surface area contributed by atoms with Gasteiger partial charge in [0.05, 0.1) is 124 Å². The monoisotopic (exact) mass is 1810 g/mol. The summed E-state index contributed by atoms with van der Waals surface area (Å²) in [6, 6.07) is 178. The molecule has 0 saturated heterocycles. The van der Waals surface area contributed by atoms with Crippen molar-refractivity contribution in [3.8, 4) is 131 Å². The minimum absolute atomic E-state index is 0.583. The second-order valence-corrected chi connectivity index (χ2v) is 35.7. The molecule has 0 N–H and O–H groups in total. The van der Waals surface area contributed by atoms with Crippen LogP contribution in [0.3, 0.4) is 0 Å². The van der Waals surface area contributed by atoms with Crippen LogP contribution in [0, 0.1) is 56.7 Å². The summed E-state index contributed by atoms with van der Waals surface area (Å²) in [5, 5.41) is 62.8. The first-order valence-electron chi connectivity index (χ1n) is 47.3. The zero-order valence-electron chi connectivity index (χ0n) is 76.5. The molecule has 0 unspecified atom stereocenters. The molecule has 0 saturated carbocycles. The molecule has 27 rings (SSSR count). The van der Waals surface area contributed by atoms with Gasteiger partial charge in [0, 0.05) is 104 Å². The number of nitriles is 5. The Morgan fingerprint density at radius 1 is 0.148 bits per heavy atom. The lowest BCUT2D eigenvalue weighted by Crippen LogP contribution is -1.97. The maximum absolute atomic E-state index is 9.98. The van der Waals surface area contributed by atoms with Crippen molar-refractivity contribution in [2.24, 2.45) is 0 Å². The fourth-order valence-corrected chi connectivity index (χ4v) is 21.8. The van der Waals surface area contributed by atoms with Crippen LogP contribution >= 0.6 is 0 Å². The molecule has 27 aromatic rings. The summed E-state index contributed by atoms with van der Waals surface area (Å²) in [6.07, 6.45) is 0. The SMILES string of the molecule is N#Cc1ccc(-n2c3ccccc3c3cccc(-c4cccc(-c5ccc6c(c5)c5cc(C#N)ccc5n6-c5ccccc5C#N)c4)c32)cc1.N#Cc1cccc(-n2c3ccccc3c3c(-c4cccc(-c5cccc6c7ccccc7n(-c7ccccc7)c56)c4)cccc32)c1.N#Cc1ccccc1-n1c2ccccc2c2c(-c3cccc(-c4cccc5c6ccccc6n(-c6ccccc6)c45)c3)cccc21. The lowest BCUT2D eigenvalue weighted by Gasteiger charge is -2.13. The minimum Gasteiger partial charge on any atom is -0.309 e. The Hall–Kier alpha value is -20.1. The molecule has 6 heterocycles. The summed E-state index contributed by atoms with van der Waals surface area (Å²) < 4.78 is 13.7. The van der Waals surface area contributed by atoms with Crippen LogP contribution in [0.15, 0.2) is 479 Å². The maximum atomic E-state index is 9.98. The second kappa shape index (κ2) is 35.0. The average molecular weight is 1810 g/mol. The third-order valence-electron chi connectivity index (χ3n) is 27.9. The summed E-state index contributed by atoms with van der Waals surface area (Å²) in [7, 11) is 0. The number of benzene rings is 21. The number of aromatic nitrogens is 6. The van der Waals surface area contributed by atoms with Gasteiger partial charge < -0.3 is 27.4 Å². The van der Waals surface area contributed by atoms with E-state index in [4.69, 9.17) is 0 Å². The molecule has 0 aliphatic carbocycles. The summed E-state index contributed by atoms with van der Waals surface area (Å²) >= 11 is 0. The van der Waals surface area contributed by atoms with Crippen LogP contribution in [0.25, 0.3) is 232 Å². The number of hydrogen-bond acceptors (Lipinski definition) is 5. The fourth-order valence-electron chi connectivity index (χ4n) is 21.8. The molecule has 11 nitrogen and oxygen atoms in total. The molecule has 142 heavy (non-hydrogen) atoms. The molecule has 6 aromatic heterocycles. The minimum atomic E-state index is 0.583. The van der Waals surface area contributed by atoms with Gasteiger partial charge in [-0.1, -0.05) is 297 Å². The van der Waals surface area contributed by atoms with Crippen molar-refractivity contribution in [1.82, 2.24) is 27.4 Å². The van der Waals surface area contributed by atoms with E-state index in [9.17, 15) is 26.3 Å². The molecule has 0 fully saturated rings. The van der Waals surface area contributed by atoms with Gasteiger partial charge in [0.15, 0.2) is 0 Å². The van der Waals surface area contributed by atoms with E-state index in [2.05, 4.69) is 428 Å². The normalized spacial score (nSPS) is 11.3. The molecule has 0 atom stereocenters. The highest BCUT2D eigenvalue weighted by Gasteiger charge is 2.26. The molecule has 21 aromatic carbocycles. The van der Waals surface area contributed by atoms with Gasteiger partial charge >= 0.3 is 0 Å². The Morgan fingerprint density at radius 3 is 0.908 bits per heavy atom. The molecule has 0 radical (unpaired) electrons. The number of hydrogen-bond donors (Lipinski definition) is 0. The van der Waals surface area contributed by atoms with E-state index in [-0.39, 0.29) is 0 Å². The molecule has 0 amide bonds. The van der Waals surface area contributed by atoms with Crippen molar-refractivity contribution in [2.45, 2.75) is 0 Å². The van der Waals surface area contributed by atoms with Gasteiger partial charge in [0.25, 0.3) is 0 Å². The number of para-hydroxylation sites is 12. The fraction of sp³-hybridized carbons (Fsp3) is 0. The Kier molecular flexibility index (Phi) is 20.6. The van der Waals surface area contributed by atoms with Crippen LogP contribution in [0.1, 0.15) is 27.8 Å². The highest BCUT2D eigenvalue weighted by atomic mass is 15.0. The third kappa shape index (κ3) is 13.9. The smallest absolute Gasteiger partial charge is 0.101 e. The standard InChI is InChI=1S/C45H25N5.2C43H27N3/c46-26-29-15-19-35(20-16-29)49-42-14-4-2-10-37(42)38-12-6-11-36(45(38)49)33-9-5-8-31(24-33)32-18-22-44-40(25-32)39-23-30(27-47)17-21-43(39)50(44)41-13-3-1-7-34(41)28-48;44-28-31-13-4-7-23-38(31)46-40-25-9-6-19-37(40)42-33(20-12-26-41(42)46)29-14-10-15-30(27-29)34-21-11-22-36-35-18-5-8-24-39(35)45(43(34)36)32-16-2-1-3-17-32;44-28-29-12-8-17-33(26-29)45-40-24-7-5-19-38(40)42-34(20-11-25-41(42)45)30-13-9-14-31(27-30)35-21-10-22-37-36-18-4-6-23-39(36)46(43(35)37)32-15-2-1-3-16-32/h1-25H;2*1-27H. The largest absolute Gasteiger partial charge is 0.309 e. The van der Waals surface area contributed by atoms with Crippen LogP contribution < -0.4 is 0 Å². The molecule has 0 bridgehead atoms. The van der Waals surface area contributed by atoms with E-state index in [1.165, 1.54) is 98.5 Å². The highest BCUT2D eigenvalue weighted by Crippen LogP contribution is 2.48. The number of fused-ring (bicyclic) bond motifs is 18. The van der Waals surface area contributed by atoms with E-state index in [1.54, 1.807) is 0 Å². The van der Waals surface area contributed by atoms with Gasteiger partial charge in [-0.2, -0.15) is 26.3 Å². The van der Waals surface area contributed by atoms with Crippen molar-refractivity contribution in [3.05, 3.63) is 507 Å². The predicted octanol–water partition coefficient (Wildman–Crippen LogP) is 33.0. The van der Waals surface area contributed by atoms with Gasteiger partial charge in [-0.25, -0.2) is 0 Å². The Morgan fingerprint density at radius 2 is 0.444 bits per heavy atom. The van der Waals surface area contributed by atoms with Crippen molar-refractivity contribution in [1.29, 1.82) is 26.3 Å². The van der Waals surface area contributed by atoms with Crippen molar-refractivity contribution in [3.63, 3.8) is 0 Å². The van der Waals surface area contributed by atoms with E-state index in [0.717, 1.165) is 133 Å². The third-order valence-corrected chi connectivity index (χ3v) is 27.9. The number of nitrogens with zero attached hydrogens (tertiary/aromatic N) is 11. The van der Waals surface area contributed by atoms with Crippen LogP contribution in [-0.4, -0.2) is 27.4 Å². The van der Waals surface area contributed by atoms with Crippen LogP contribution in [0.2, 0.25) is 0 Å². The summed E-state index contributed by atoms with van der Waals surface area (Å²) in [4.78, 5) is 0. The summed E-state index contributed by atoms with van der Waals surface area (Å²) in [5.41, 5.74) is 36.1. The quantitative estimate of drug-likeness (QED) is 0.119. The van der Waals surface area contributed by atoms with Gasteiger partial charge in [-0.3, -0.25) is 0 Å². The Bertz CT molecular complexity index is 10100. The summed E-state index contributed by atoms with van der Waals surface area (Å²) in [5.74, 6) is 0. The zero-order chi connectivity index (χ0) is 95.0. The predicted molar refractivity (Wildman–Crippen MR) is 582 cm³/mol. The highest BCUT2D eigenvalue weighted by molar-refractivity contribution is 6.21. The Labute approximate surface area is 817 Å². The molecular formula is C131H79N11. The maximum Gasteiger partial charge on any atom is 0.101 e. The molecule has 11 heteroatoms. The van der Waals surface area contributed by atoms with E-state index >= 15 is 0 Å². The first-order valence-corrected chi connectivity index (χ1v) is 47.3. The topological polar surface area (TPSA) is 149 Å².